The van der Waals surface area contributed by atoms with Crippen molar-refractivity contribution >= 4 is 34.1 Å². The maximum Gasteiger partial charge on any atom is 0.277 e. The molecule has 0 spiro atoms. The summed E-state index contributed by atoms with van der Waals surface area (Å²) in [5.74, 6) is 0.323. The van der Waals surface area contributed by atoms with Gasteiger partial charge in [0.25, 0.3) is 5.91 Å². The van der Waals surface area contributed by atoms with Crippen molar-refractivity contribution in [2.24, 2.45) is 5.10 Å². The summed E-state index contributed by atoms with van der Waals surface area (Å²) < 4.78 is 6.31. The van der Waals surface area contributed by atoms with E-state index in [1.165, 1.54) is 0 Å². The summed E-state index contributed by atoms with van der Waals surface area (Å²) in [5.41, 5.74) is 4.46. The fraction of sp³-hybridized carbons (Fsp3) is 0.111. The number of nitrogens with zero attached hydrogens (tertiary/aromatic N) is 1. The van der Waals surface area contributed by atoms with Gasteiger partial charge in [-0.3, -0.25) is 4.79 Å². The van der Waals surface area contributed by atoms with Gasteiger partial charge in [0.15, 0.2) is 6.61 Å². The summed E-state index contributed by atoms with van der Waals surface area (Å²) in [6.07, 6.45) is 3.58. The lowest BCUT2D eigenvalue weighted by Crippen LogP contribution is -2.24. The number of amides is 1. The van der Waals surface area contributed by atoms with Crippen LogP contribution in [0.25, 0.3) is 6.08 Å². The molecule has 5 heteroatoms. The number of hydrogen-bond acceptors (Lipinski definition) is 3. The van der Waals surface area contributed by atoms with Gasteiger partial charge in [-0.1, -0.05) is 52.3 Å². The molecule has 2 aromatic rings. The SMILES string of the molecule is CC(/C=N\NC(=O)COc1ccc(Br)cc1)=C/c1ccccc1. The van der Waals surface area contributed by atoms with Gasteiger partial charge in [-0.15, -0.1) is 0 Å². The summed E-state index contributed by atoms with van der Waals surface area (Å²) in [4.78, 5) is 11.6. The van der Waals surface area contributed by atoms with Crippen molar-refractivity contribution in [1.29, 1.82) is 0 Å². The second kappa shape index (κ2) is 8.90. The minimum atomic E-state index is -0.309. The number of hydrogen-bond donors (Lipinski definition) is 1. The van der Waals surface area contributed by atoms with Crippen molar-refractivity contribution < 1.29 is 9.53 Å². The lowest BCUT2D eigenvalue weighted by atomic mass is 10.1. The zero-order valence-electron chi connectivity index (χ0n) is 12.7. The number of carbonyl (C=O) groups is 1. The number of halogens is 1. The molecule has 23 heavy (non-hydrogen) atoms. The molecule has 0 radical (unpaired) electrons. The fourth-order valence-corrected chi connectivity index (χ4v) is 2.03. The molecular formula is C18H17BrN2O2. The molecule has 0 atom stereocenters. The van der Waals surface area contributed by atoms with E-state index in [1.54, 1.807) is 18.3 Å². The average molecular weight is 373 g/mol. The van der Waals surface area contributed by atoms with E-state index in [4.69, 9.17) is 4.74 Å². The number of nitrogens with one attached hydrogen (secondary N) is 1. The van der Waals surface area contributed by atoms with Crippen LogP contribution < -0.4 is 10.2 Å². The molecule has 0 bridgehead atoms. The molecule has 2 aromatic carbocycles. The predicted octanol–water partition coefficient (Wildman–Crippen LogP) is 4.03. The number of allylic oxidation sites excluding steroid dienone is 1. The first-order chi connectivity index (χ1) is 11.1. The van der Waals surface area contributed by atoms with E-state index >= 15 is 0 Å². The van der Waals surface area contributed by atoms with Gasteiger partial charge in [0.05, 0.1) is 6.21 Å². The van der Waals surface area contributed by atoms with Crippen LogP contribution in [0.5, 0.6) is 5.75 Å². The third-order valence-electron chi connectivity index (χ3n) is 2.83. The standard InChI is InChI=1S/C18H17BrN2O2/c1-14(11-15-5-3-2-4-6-15)12-20-21-18(22)13-23-17-9-7-16(19)8-10-17/h2-12H,13H2,1H3,(H,21,22)/b14-11-,20-12-. The molecule has 118 valence electrons. The zero-order chi connectivity index (χ0) is 16.5. The highest BCUT2D eigenvalue weighted by Gasteiger charge is 2.01. The molecule has 1 amide bonds. The van der Waals surface area contributed by atoms with E-state index in [1.807, 2.05) is 55.5 Å². The van der Waals surface area contributed by atoms with Gasteiger partial charge >= 0.3 is 0 Å². The zero-order valence-corrected chi connectivity index (χ0v) is 14.3. The maximum atomic E-state index is 11.6. The largest absolute Gasteiger partial charge is 0.484 e. The summed E-state index contributed by atoms with van der Waals surface area (Å²) in [5, 5.41) is 3.91. The molecule has 0 aliphatic carbocycles. The first-order valence-corrected chi connectivity index (χ1v) is 7.86. The lowest BCUT2D eigenvalue weighted by Gasteiger charge is -2.04. The van der Waals surface area contributed by atoms with E-state index in [2.05, 4.69) is 26.5 Å². The Kier molecular flexibility index (Phi) is 6.56. The summed E-state index contributed by atoms with van der Waals surface area (Å²) in [6, 6.07) is 17.2. The van der Waals surface area contributed by atoms with E-state index in [9.17, 15) is 4.79 Å². The van der Waals surface area contributed by atoms with E-state index in [0.29, 0.717) is 5.75 Å². The molecule has 0 aromatic heterocycles. The molecule has 0 aliphatic heterocycles. The molecule has 4 nitrogen and oxygen atoms in total. The molecule has 0 saturated carbocycles. The van der Waals surface area contributed by atoms with Crippen molar-refractivity contribution in [3.63, 3.8) is 0 Å². The Morgan fingerprint density at radius 3 is 2.57 bits per heavy atom. The first kappa shape index (κ1) is 17.0. The Morgan fingerprint density at radius 2 is 1.87 bits per heavy atom. The molecule has 0 saturated heterocycles. The monoisotopic (exact) mass is 372 g/mol. The van der Waals surface area contributed by atoms with Gasteiger partial charge in [-0.05, 0) is 42.3 Å². The van der Waals surface area contributed by atoms with Crippen LogP contribution in [0.4, 0.5) is 0 Å². The van der Waals surface area contributed by atoms with Crippen molar-refractivity contribution in [2.75, 3.05) is 6.61 Å². The Bertz CT molecular complexity index is 695. The fourth-order valence-electron chi connectivity index (χ4n) is 1.77. The highest BCUT2D eigenvalue weighted by atomic mass is 79.9. The van der Waals surface area contributed by atoms with E-state index in [0.717, 1.165) is 15.6 Å². The maximum absolute atomic E-state index is 11.6. The van der Waals surface area contributed by atoms with Crippen LogP contribution in [0.1, 0.15) is 12.5 Å². The van der Waals surface area contributed by atoms with Gasteiger partial charge in [-0.25, -0.2) is 5.43 Å². The molecule has 0 unspecified atom stereocenters. The Morgan fingerprint density at radius 1 is 1.17 bits per heavy atom. The summed E-state index contributed by atoms with van der Waals surface area (Å²) >= 11 is 3.34. The smallest absolute Gasteiger partial charge is 0.277 e. The molecule has 0 heterocycles. The Hall–Kier alpha value is -2.40. The van der Waals surface area contributed by atoms with Gasteiger partial charge in [0.2, 0.25) is 0 Å². The van der Waals surface area contributed by atoms with Gasteiger partial charge < -0.3 is 4.74 Å². The van der Waals surface area contributed by atoms with Crippen molar-refractivity contribution in [2.45, 2.75) is 6.92 Å². The topological polar surface area (TPSA) is 50.7 Å². The van der Waals surface area contributed by atoms with E-state index < -0.39 is 0 Å². The normalized spacial score (nSPS) is 11.5. The van der Waals surface area contributed by atoms with Gasteiger partial charge in [-0.2, -0.15) is 5.10 Å². The van der Waals surface area contributed by atoms with Crippen molar-refractivity contribution in [3.8, 4) is 5.75 Å². The molecule has 1 N–H and O–H groups in total. The minimum absolute atomic E-state index is 0.0829. The third-order valence-corrected chi connectivity index (χ3v) is 3.36. The molecule has 2 rings (SSSR count). The predicted molar refractivity (Wildman–Crippen MR) is 96.4 cm³/mol. The summed E-state index contributed by atoms with van der Waals surface area (Å²) in [7, 11) is 0. The third kappa shape index (κ3) is 6.48. The van der Waals surface area contributed by atoms with E-state index in [-0.39, 0.29) is 12.5 Å². The van der Waals surface area contributed by atoms with Crippen LogP contribution in [-0.4, -0.2) is 18.7 Å². The number of hydrazone groups is 1. The molecular weight excluding hydrogens is 356 g/mol. The van der Waals surface area contributed by atoms with Gasteiger partial charge in [0.1, 0.15) is 5.75 Å². The second-order valence-corrected chi connectivity index (χ2v) is 5.75. The Balaban J connectivity index is 1.77. The summed E-state index contributed by atoms with van der Waals surface area (Å²) in [6.45, 7) is 1.83. The lowest BCUT2D eigenvalue weighted by molar-refractivity contribution is -0.123. The highest BCUT2D eigenvalue weighted by molar-refractivity contribution is 9.10. The molecule has 0 aliphatic rings. The highest BCUT2D eigenvalue weighted by Crippen LogP contribution is 2.15. The second-order valence-electron chi connectivity index (χ2n) is 4.83. The average Bonchev–Trinajstić information content (AvgIpc) is 2.55. The van der Waals surface area contributed by atoms with Crippen LogP contribution in [0, 0.1) is 0 Å². The number of rotatable bonds is 6. The number of carbonyl (C=O) groups excluding carboxylic acids is 1. The number of ether oxygens (including phenoxy) is 1. The van der Waals surface area contributed by atoms with Crippen LogP contribution >= 0.6 is 15.9 Å². The van der Waals surface area contributed by atoms with Crippen molar-refractivity contribution in [3.05, 3.63) is 70.2 Å². The molecule has 0 fully saturated rings. The van der Waals surface area contributed by atoms with Crippen LogP contribution in [0.2, 0.25) is 0 Å². The van der Waals surface area contributed by atoms with Crippen LogP contribution in [0.3, 0.4) is 0 Å². The van der Waals surface area contributed by atoms with Crippen LogP contribution in [0.15, 0.2) is 69.7 Å². The minimum Gasteiger partial charge on any atom is -0.484 e. The van der Waals surface area contributed by atoms with Crippen molar-refractivity contribution in [1.82, 2.24) is 5.43 Å². The van der Waals surface area contributed by atoms with Crippen LogP contribution in [-0.2, 0) is 4.79 Å². The number of benzene rings is 2. The quantitative estimate of drug-likeness (QED) is 0.614. The Labute approximate surface area is 144 Å². The first-order valence-electron chi connectivity index (χ1n) is 7.07. The van der Waals surface area contributed by atoms with Gasteiger partial charge in [0, 0.05) is 4.47 Å².